The summed E-state index contributed by atoms with van der Waals surface area (Å²) in [7, 11) is 0. The summed E-state index contributed by atoms with van der Waals surface area (Å²) in [6, 6.07) is 6.04. The van der Waals surface area contributed by atoms with Crippen molar-refractivity contribution in [2.45, 2.75) is 39.1 Å². The Bertz CT molecular complexity index is 1140. The van der Waals surface area contributed by atoms with E-state index < -0.39 is 0 Å². The van der Waals surface area contributed by atoms with Gasteiger partial charge in [0.1, 0.15) is 58.4 Å². The largest absolute Gasteiger partial charge is 0.494 e. The second-order valence-corrected chi connectivity index (χ2v) is 11.5. The first-order valence-corrected chi connectivity index (χ1v) is 19.9. The fraction of sp³-hybridized carbons (Fsp3) is 0.538. The van der Waals surface area contributed by atoms with E-state index in [1.165, 1.54) is 18.8 Å². The molecule has 27 nitrogen and oxygen atoms in total. The highest BCUT2D eigenvalue weighted by molar-refractivity contribution is 5.29. The Morgan fingerprint density at radius 1 is 0.303 bits per heavy atom. The first-order valence-electron chi connectivity index (χ1n) is 19.9. The van der Waals surface area contributed by atoms with E-state index in [0.717, 1.165) is 35.5 Å². The van der Waals surface area contributed by atoms with Gasteiger partial charge in [-0.3, -0.25) is 0 Å². The van der Waals surface area contributed by atoms with E-state index in [2.05, 4.69) is 94.9 Å². The number of rotatable bonds is 54. The van der Waals surface area contributed by atoms with Gasteiger partial charge in [0.15, 0.2) is 18.8 Å². The third-order valence-electron chi connectivity index (χ3n) is 6.36. The van der Waals surface area contributed by atoms with Crippen molar-refractivity contribution in [3.05, 3.63) is 110 Å². The Morgan fingerprint density at radius 3 is 0.894 bits per heavy atom. The van der Waals surface area contributed by atoms with Crippen LogP contribution in [-0.2, 0) is 152 Å². The van der Waals surface area contributed by atoms with Crippen LogP contribution in [0.5, 0.6) is 0 Å². The Kier molecular flexibility index (Phi) is 46.6. The Balaban J connectivity index is 2.27. The minimum atomic E-state index is 0.0508. The monoisotopic (exact) mass is 960 g/mol. The lowest BCUT2D eigenvalue weighted by atomic mass is 10.1. The molecule has 0 aliphatic heterocycles. The quantitative estimate of drug-likeness (QED) is 0.0257. The van der Waals surface area contributed by atoms with Crippen LogP contribution in [0, 0.1) is 0 Å². The third kappa shape index (κ3) is 44.8. The van der Waals surface area contributed by atoms with Crippen molar-refractivity contribution in [3.8, 4) is 0 Å². The fourth-order valence-electron chi connectivity index (χ4n) is 3.94. The molecule has 0 heterocycles. The predicted molar refractivity (Wildman–Crippen MR) is 212 cm³/mol. The van der Waals surface area contributed by atoms with Crippen molar-refractivity contribution < 1.29 is 132 Å². The molecule has 0 atom stereocenters. The first-order chi connectivity index (χ1) is 32.8. The summed E-state index contributed by atoms with van der Waals surface area (Å²) < 4.78 is 48.8. The van der Waals surface area contributed by atoms with Crippen LogP contribution in [0.1, 0.15) is 36.0 Å². The summed E-state index contributed by atoms with van der Waals surface area (Å²) in [5.74, 6) is 0. The molecule has 0 aromatic heterocycles. The van der Waals surface area contributed by atoms with Crippen LogP contribution in [0.2, 0.25) is 0 Å². The summed E-state index contributed by atoms with van der Waals surface area (Å²) in [5, 5.41) is 49.8. The molecule has 0 aliphatic rings. The van der Waals surface area contributed by atoms with E-state index in [1.807, 2.05) is 18.2 Å². The van der Waals surface area contributed by atoms with Gasteiger partial charge in [0.25, 0.3) is 0 Å². The van der Waals surface area contributed by atoms with Crippen molar-refractivity contribution in [1.82, 2.24) is 0 Å². The molecule has 0 saturated carbocycles. The molecule has 0 aliphatic carbocycles. The average molecular weight is 961 g/mol. The van der Waals surface area contributed by atoms with Crippen LogP contribution in [0.4, 0.5) is 0 Å². The first kappa shape index (κ1) is 59.6. The van der Waals surface area contributed by atoms with Gasteiger partial charge in [-0.25, -0.2) is 14.7 Å². The number of hydrogen-bond acceptors (Lipinski definition) is 27. The lowest BCUT2D eigenvalue weighted by Crippen LogP contribution is -2.09. The lowest BCUT2D eigenvalue weighted by Gasteiger charge is -2.12. The zero-order chi connectivity index (χ0) is 47.2. The van der Waals surface area contributed by atoms with Gasteiger partial charge in [0, 0.05) is 69.9 Å². The summed E-state index contributed by atoms with van der Waals surface area (Å²) in [4.78, 5) is 27.3. The van der Waals surface area contributed by atoms with Gasteiger partial charge >= 0.3 is 0 Å². The highest BCUT2D eigenvalue weighted by Crippen LogP contribution is 2.15. The number of hydrogen-bond donors (Lipinski definition) is 0. The molecule has 27 heteroatoms. The number of ether oxygens (including phenoxy) is 9. The van der Waals surface area contributed by atoms with E-state index in [-0.39, 0.29) is 39.6 Å². The van der Waals surface area contributed by atoms with E-state index in [1.54, 1.807) is 18.2 Å². The highest BCUT2D eigenvalue weighted by atomic mass is 17.8. The SMILES string of the molecule is C=CCO/C=C/OOOOOOCCOCCCOCc1cc(COCCCOCCOOOOOO/C=C/OCC=C)cc(COCCCOCCOOOOOO/C=C/OCC=C)c1. The van der Waals surface area contributed by atoms with Crippen LogP contribution >= 0.6 is 0 Å². The minimum absolute atomic E-state index is 0.0508. The van der Waals surface area contributed by atoms with Gasteiger partial charge in [-0.2, -0.15) is 0 Å². The standard InChI is InChI=1S/C39H60O27/c1-4-10-40-19-25-49-55-61-64-58-52-28-22-43-13-7-16-46-34-37-31-38(35-47-17-8-14-44-23-29-53-59-65-62-56-50-26-20-41-11-5-2)33-39(32-37)36-48-18-9-15-45-24-30-54-60-66-63-57-51-27-21-42-12-6-3/h4-6,19-21,25-27,31-33H,1-3,7-18,22-24,28-30,34-36H2/b25-19+,26-20+,27-21+. The normalized spacial score (nSPS) is 11.5. The van der Waals surface area contributed by atoms with Crippen LogP contribution in [0.15, 0.2) is 93.7 Å². The molecule has 0 fully saturated rings. The molecule has 1 aromatic rings. The lowest BCUT2D eigenvalue weighted by molar-refractivity contribution is -0.751. The van der Waals surface area contributed by atoms with Crippen molar-refractivity contribution in [3.63, 3.8) is 0 Å². The van der Waals surface area contributed by atoms with Gasteiger partial charge in [-0.05, 0) is 66.2 Å². The van der Waals surface area contributed by atoms with Gasteiger partial charge < -0.3 is 57.3 Å². The number of benzene rings is 1. The molecule has 1 rings (SSSR count). The molecular formula is C39H60O27. The fourth-order valence-corrected chi connectivity index (χ4v) is 3.94. The van der Waals surface area contributed by atoms with E-state index in [4.69, 9.17) is 57.3 Å². The van der Waals surface area contributed by atoms with Gasteiger partial charge in [0.2, 0.25) is 0 Å². The molecule has 0 saturated heterocycles. The molecule has 0 bridgehead atoms. The van der Waals surface area contributed by atoms with E-state index in [0.29, 0.717) is 98.5 Å². The molecule has 0 unspecified atom stereocenters. The maximum Gasteiger partial charge on any atom is 0.167 e. The Hall–Kier alpha value is -4.38. The van der Waals surface area contributed by atoms with Crippen molar-refractivity contribution in [2.75, 3.05) is 99.1 Å². The maximum absolute atomic E-state index is 5.89. The van der Waals surface area contributed by atoms with Crippen molar-refractivity contribution in [1.29, 1.82) is 0 Å². The van der Waals surface area contributed by atoms with Crippen LogP contribution in [0.3, 0.4) is 0 Å². The maximum atomic E-state index is 5.89. The molecule has 0 spiro atoms. The van der Waals surface area contributed by atoms with Gasteiger partial charge in [-0.1, -0.05) is 56.2 Å². The predicted octanol–water partition coefficient (Wildman–Crippen LogP) is 5.50. The molecule has 378 valence electrons. The van der Waals surface area contributed by atoms with Gasteiger partial charge in [0.05, 0.1) is 39.6 Å². The van der Waals surface area contributed by atoms with E-state index in [9.17, 15) is 0 Å². The topological polar surface area (TPSA) is 249 Å². The van der Waals surface area contributed by atoms with Crippen LogP contribution < -0.4 is 0 Å². The summed E-state index contributed by atoms with van der Waals surface area (Å²) >= 11 is 0. The molecule has 0 N–H and O–H groups in total. The Morgan fingerprint density at radius 2 is 0.591 bits per heavy atom. The van der Waals surface area contributed by atoms with Gasteiger partial charge in [-0.15, -0.1) is 0 Å². The van der Waals surface area contributed by atoms with Crippen molar-refractivity contribution in [2.24, 2.45) is 0 Å². The van der Waals surface area contributed by atoms with Crippen molar-refractivity contribution >= 4 is 0 Å². The highest BCUT2D eigenvalue weighted by Gasteiger charge is 2.05. The second kappa shape index (κ2) is 51.6. The molecule has 66 heavy (non-hydrogen) atoms. The average Bonchev–Trinajstić information content (AvgIpc) is 3.32. The minimum Gasteiger partial charge on any atom is -0.494 e. The summed E-state index contributed by atoms with van der Waals surface area (Å²) in [6.45, 7) is 15.9. The third-order valence-corrected chi connectivity index (χ3v) is 6.36. The molecule has 1 aromatic carbocycles. The van der Waals surface area contributed by atoms with Crippen LogP contribution in [0.25, 0.3) is 0 Å². The molecule has 0 amide bonds. The zero-order valence-corrected chi connectivity index (χ0v) is 36.4. The zero-order valence-electron chi connectivity index (χ0n) is 36.4. The molecular weight excluding hydrogens is 900 g/mol. The summed E-state index contributed by atoms with van der Waals surface area (Å²) in [6.07, 6.45) is 13.3. The summed E-state index contributed by atoms with van der Waals surface area (Å²) in [5.41, 5.74) is 2.85. The smallest absolute Gasteiger partial charge is 0.167 e. The van der Waals surface area contributed by atoms with Crippen LogP contribution in [-0.4, -0.2) is 99.1 Å². The van der Waals surface area contributed by atoms with E-state index >= 15 is 0 Å². The second-order valence-electron chi connectivity index (χ2n) is 11.5. The Labute approximate surface area is 380 Å². The molecule has 0 radical (unpaired) electrons.